The van der Waals surface area contributed by atoms with Gasteiger partial charge in [-0.1, -0.05) is 42.5 Å². The maximum absolute atomic E-state index is 12.1. The molecule has 24 heavy (non-hydrogen) atoms. The maximum atomic E-state index is 12.1. The maximum Gasteiger partial charge on any atom is 0.335 e. The lowest BCUT2D eigenvalue weighted by molar-refractivity contribution is -0.129. The van der Waals surface area contributed by atoms with Gasteiger partial charge in [-0.2, -0.15) is 0 Å². The number of hydrogen-bond acceptors (Lipinski definition) is 3. The summed E-state index contributed by atoms with van der Waals surface area (Å²) < 4.78 is 0. The molecule has 2 rings (SSSR count). The molecular weight excluding hydrogens is 304 g/mol. The highest BCUT2D eigenvalue weighted by Gasteiger charge is 2.17. The van der Waals surface area contributed by atoms with Gasteiger partial charge in [-0.15, -0.1) is 0 Å². The molecule has 0 fully saturated rings. The zero-order chi connectivity index (χ0) is 17.5. The molecule has 1 amide bonds. The van der Waals surface area contributed by atoms with E-state index in [9.17, 15) is 9.59 Å². The summed E-state index contributed by atoms with van der Waals surface area (Å²) >= 11 is 0. The van der Waals surface area contributed by atoms with Gasteiger partial charge >= 0.3 is 5.97 Å². The van der Waals surface area contributed by atoms with E-state index in [1.165, 1.54) is 0 Å². The van der Waals surface area contributed by atoms with Crippen LogP contribution in [0.5, 0.6) is 0 Å². The first kappa shape index (κ1) is 17.7. The molecule has 0 saturated heterocycles. The normalized spacial score (nSPS) is 11.8. The van der Waals surface area contributed by atoms with Crippen LogP contribution in [0.2, 0.25) is 0 Å². The fourth-order valence-corrected chi connectivity index (χ4v) is 2.41. The molecule has 0 saturated carbocycles. The molecule has 5 heteroatoms. The number of nitrogens with one attached hydrogen (secondary N) is 1. The Morgan fingerprint density at radius 2 is 1.79 bits per heavy atom. The molecule has 0 aliphatic heterocycles. The van der Waals surface area contributed by atoms with E-state index in [4.69, 9.17) is 5.11 Å². The van der Waals surface area contributed by atoms with Crippen LogP contribution in [0.1, 0.15) is 33.9 Å². The van der Waals surface area contributed by atoms with Gasteiger partial charge in [-0.25, -0.2) is 4.79 Å². The third kappa shape index (κ3) is 4.93. The molecule has 0 aliphatic carbocycles. The van der Waals surface area contributed by atoms with Crippen molar-refractivity contribution in [3.8, 4) is 0 Å². The summed E-state index contributed by atoms with van der Waals surface area (Å²) in [5.74, 6) is -0.908. The lowest BCUT2D eigenvalue weighted by atomic mass is 10.0. The number of carboxylic acid groups (broad SMARTS) is 1. The Morgan fingerprint density at radius 1 is 1.08 bits per heavy atom. The molecule has 0 radical (unpaired) electrons. The third-order valence-electron chi connectivity index (χ3n) is 3.81. The van der Waals surface area contributed by atoms with Crippen LogP contribution in [0.3, 0.4) is 0 Å². The number of carbonyl (C=O) groups is 2. The van der Waals surface area contributed by atoms with Crippen LogP contribution in [0.15, 0.2) is 54.6 Å². The highest BCUT2D eigenvalue weighted by Crippen LogP contribution is 2.18. The SMILES string of the molecule is CN(C)C(=O)CC(NCc1cccc(C(=O)O)c1)c1ccccc1. The minimum atomic E-state index is -0.945. The summed E-state index contributed by atoms with van der Waals surface area (Å²) in [5.41, 5.74) is 2.16. The van der Waals surface area contributed by atoms with E-state index in [0.29, 0.717) is 13.0 Å². The fourth-order valence-electron chi connectivity index (χ4n) is 2.41. The summed E-state index contributed by atoms with van der Waals surface area (Å²) in [4.78, 5) is 24.7. The first-order valence-electron chi connectivity index (χ1n) is 7.78. The Hall–Kier alpha value is -2.66. The van der Waals surface area contributed by atoms with Crippen LogP contribution >= 0.6 is 0 Å². The van der Waals surface area contributed by atoms with Gasteiger partial charge in [0.25, 0.3) is 0 Å². The zero-order valence-corrected chi connectivity index (χ0v) is 13.9. The van der Waals surface area contributed by atoms with Crippen molar-refractivity contribution in [2.24, 2.45) is 0 Å². The van der Waals surface area contributed by atoms with Crippen molar-refractivity contribution in [1.82, 2.24) is 10.2 Å². The van der Waals surface area contributed by atoms with E-state index in [-0.39, 0.29) is 17.5 Å². The van der Waals surface area contributed by atoms with E-state index in [2.05, 4.69) is 5.32 Å². The number of rotatable bonds is 7. The lowest BCUT2D eigenvalue weighted by Crippen LogP contribution is -2.29. The number of hydrogen-bond donors (Lipinski definition) is 2. The molecule has 2 aromatic carbocycles. The summed E-state index contributed by atoms with van der Waals surface area (Å²) in [6.07, 6.45) is 0.343. The smallest absolute Gasteiger partial charge is 0.335 e. The van der Waals surface area contributed by atoms with Crippen LogP contribution in [0.25, 0.3) is 0 Å². The average molecular weight is 326 g/mol. The third-order valence-corrected chi connectivity index (χ3v) is 3.81. The number of aromatic carboxylic acids is 1. The van der Waals surface area contributed by atoms with Gasteiger partial charge in [0, 0.05) is 33.1 Å². The first-order valence-corrected chi connectivity index (χ1v) is 7.78. The minimum absolute atomic E-state index is 0.0376. The number of amides is 1. The molecule has 2 N–H and O–H groups in total. The van der Waals surface area contributed by atoms with Crippen molar-refractivity contribution in [3.63, 3.8) is 0 Å². The van der Waals surface area contributed by atoms with Gasteiger partial charge in [0.15, 0.2) is 0 Å². The molecular formula is C19H22N2O3. The van der Waals surface area contributed by atoms with Crippen molar-refractivity contribution in [2.75, 3.05) is 14.1 Å². The molecule has 0 bridgehead atoms. The lowest BCUT2D eigenvalue weighted by Gasteiger charge is -2.21. The van der Waals surface area contributed by atoms with Crippen molar-refractivity contribution in [2.45, 2.75) is 19.0 Å². The number of carboxylic acids is 1. The molecule has 5 nitrogen and oxygen atoms in total. The van der Waals surface area contributed by atoms with Gasteiger partial charge < -0.3 is 15.3 Å². The van der Waals surface area contributed by atoms with E-state index in [1.54, 1.807) is 37.2 Å². The summed E-state index contributed by atoms with van der Waals surface area (Å²) in [5, 5.41) is 12.4. The topological polar surface area (TPSA) is 69.6 Å². The van der Waals surface area contributed by atoms with Crippen molar-refractivity contribution < 1.29 is 14.7 Å². The number of nitrogens with zero attached hydrogens (tertiary/aromatic N) is 1. The van der Waals surface area contributed by atoms with E-state index in [1.807, 2.05) is 36.4 Å². The van der Waals surface area contributed by atoms with Gasteiger partial charge in [0.1, 0.15) is 0 Å². The zero-order valence-electron chi connectivity index (χ0n) is 13.9. The fraction of sp³-hybridized carbons (Fsp3) is 0.263. The van der Waals surface area contributed by atoms with Crippen molar-refractivity contribution in [3.05, 3.63) is 71.3 Å². The number of carbonyl (C=O) groups excluding carboxylic acids is 1. The predicted molar refractivity (Wildman–Crippen MR) is 92.7 cm³/mol. The molecule has 1 unspecified atom stereocenters. The summed E-state index contributed by atoms with van der Waals surface area (Å²) in [7, 11) is 3.47. The van der Waals surface area contributed by atoms with Gasteiger partial charge in [-0.3, -0.25) is 4.79 Å². The molecule has 1 atom stereocenters. The van der Waals surface area contributed by atoms with Gasteiger partial charge in [0.05, 0.1) is 5.56 Å². The summed E-state index contributed by atoms with van der Waals surface area (Å²) in [6.45, 7) is 0.487. The van der Waals surface area contributed by atoms with Gasteiger partial charge in [-0.05, 0) is 23.3 Å². The summed E-state index contributed by atoms with van der Waals surface area (Å²) in [6, 6.07) is 16.5. The molecule has 0 spiro atoms. The molecule has 0 aliphatic rings. The minimum Gasteiger partial charge on any atom is -0.478 e. The van der Waals surface area contributed by atoms with Crippen LogP contribution in [-0.4, -0.2) is 36.0 Å². The second kappa shape index (κ2) is 8.26. The van der Waals surface area contributed by atoms with Crippen LogP contribution in [0, 0.1) is 0 Å². The van der Waals surface area contributed by atoms with Crippen LogP contribution in [0.4, 0.5) is 0 Å². The standard InChI is InChI=1S/C19H22N2O3/c1-21(2)18(22)12-17(15-8-4-3-5-9-15)20-13-14-7-6-10-16(11-14)19(23)24/h3-11,17,20H,12-13H2,1-2H3,(H,23,24). The van der Waals surface area contributed by atoms with Crippen molar-refractivity contribution >= 4 is 11.9 Å². The second-order valence-electron chi connectivity index (χ2n) is 5.84. The largest absolute Gasteiger partial charge is 0.478 e. The second-order valence-corrected chi connectivity index (χ2v) is 5.84. The quantitative estimate of drug-likeness (QED) is 0.821. The van der Waals surface area contributed by atoms with E-state index < -0.39 is 5.97 Å². The van der Waals surface area contributed by atoms with Gasteiger partial charge in [0.2, 0.25) is 5.91 Å². The Labute approximate surface area is 141 Å². The van der Waals surface area contributed by atoms with Crippen LogP contribution in [-0.2, 0) is 11.3 Å². The average Bonchev–Trinajstić information content (AvgIpc) is 2.59. The van der Waals surface area contributed by atoms with E-state index in [0.717, 1.165) is 11.1 Å². The van der Waals surface area contributed by atoms with E-state index >= 15 is 0 Å². The highest BCUT2D eigenvalue weighted by atomic mass is 16.4. The Kier molecular flexibility index (Phi) is 6.09. The Balaban J connectivity index is 2.12. The van der Waals surface area contributed by atoms with Crippen molar-refractivity contribution in [1.29, 1.82) is 0 Å². The highest BCUT2D eigenvalue weighted by molar-refractivity contribution is 5.87. The molecule has 2 aromatic rings. The predicted octanol–water partition coefficient (Wildman–Crippen LogP) is 2.69. The van der Waals surface area contributed by atoms with Crippen LogP contribution < -0.4 is 5.32 Å². The molecule has 0 heterocycles. The first-order chi connectivity index (χ1) is 11.5. The monoisotopic (exact) mass is 326 g/mol. The Bertz CT molecular complexity index is 699. The molecule has 126 valence electrons. The molecule has 0 aromatic heterocycles. The Morgan fingerprint density at radius 3 is 2.42 bits per heavy atom. The number of benzene rings is 2.